The van der Waals surface area contributed by atoms with E-state index in [9.17, 15) is 4.79 Å². The molecule has 0 spiro atoms. The number of thioether (sulfide) groups is 1. The van der Waals surface area contributed by atoms with E-state index in [0.29, 0.717) is 5.92 Å². The van der Waals surface area contributed by atoms with Gasteiger partial charge >= 0.3 is 5.97 Å². The van der Waals surface area contributed by atoms with Crippen LogP contribution in [0.3, 0.4) is 0 Å². The van der Waals surface area contributed by atoms with E-state index in [1.54, 1.807) is 0 Å². The maximum absolute atomic E-state index is 10.8. The van der Waals surface area contributed by atoms with Crippen molar-refractivity contribution in [1.82, 2.24) is 9.78 Å². The summed E-state index contributed by atoms with van der Waals surface area (Å²) in [7, 11) is 0. The molecule has 2 aromatic rings. The average molecular weight is 288 g/mol. The van der Waals surface area contributed by atoms with Crippen LogP contribution >= 0.6 is 11.8 Å². The van der Waals surface area contributed by atoms with E-state index in [2.05, 4.69) is 11.2 Å². The summed E-state index contributed by atoms with van der Waals surface area (Å²) < 4.78 is 1.87. The van der Waals surface area contributed by atoms with Crippen molar-refractivity contribution in [2.24, 2.45) is 0 Å². The average Bonchev–Trinajstić information content (AvgIpc) is 3.17. The van der Waals surface area contributed by atoms with Gasteiger partial charge in [0.15, 0.2) is 0 Å². The summed E-state index contributed by atoms with van der Waals surface area (Å²) in [4.78, 5) is 10.8. The smallest absolute Gasteiger partial charge is 0.313 e. The zero-order chi connectivity index (χ0) is 14.1. The molecule has 1 aromatic carbocycles. The third-order valence-corrected chi connectivity index (χ3v) is 4.26. The number of nitrogens with zero attached hydrogens (tertiary/aromatic N) is 2. The number of carboxylic acid groups (broad SMARTS) is 1. The van der Waals surface area contributed by atoms with Crippen molar-refractivity contribution in [3.63, 3.8) is 0 Å². The van der Waals surface area contributed by atoms with E-state index in [0.717, 1.165) is 16.4 Å². The quantitative estimate of drug-likeness (QED) is 0.858. The van der Waals surface area contributed by atoms with Gasteiger partial charge < -0.3 is 5.11 Å². The number of aryl methyl sites for hydroxylation is 1. The van der Waals surface area contributed by atoms with Gasteiger partial charge in [-0.2, -0.15) is 5.10 Å². The molecule has 1 N–H and O–H groups in total. The van der Waals surface area contributed by atoms with Crippen LogP contribution in [0, 0.1) is 6.92 Å². The van der Waals surface area contributed by atoms with Gasteiger partial charge in [-0.05, 0) is 43.5 Å². The molecule has 0 amide bonds. The number of hydrogen-bond acceptors (Lipinski definition) is 3. The molecule has 1 aliphatic rings. The molecule has 0 saturated heterocycles. The maximum Gasteiger partial charge on any atom is 0.313 e. The molecule has 0 unspecified atom stereocenters. The summed E-state index contributed by atoms with van der Waals surface area (Å²) in [5.74, 6) is -0.188. The van der Waals surface area contributed by atoms with Gasteiger partial charge in [0.2, 0.25) is 0 Å². The molecule has 4 nitrogen and oxygen atoms in total. The van der Waals surface area contributed by atoms with Gasteiger partial charge in [-0.25, -0.2) is 4.68 Å². The van der Waals surface area contributed by atoms with Crippen LogP contribution in [0.25, 0.3) is 5.69 Å². The first-order chi connectivity index (χ1) is 9.63. The second-order valence-electron chi connectivity index (χ2n) is 5.11. The highest BCUT2D eigenvalue weighted by molar-refractivity contribution is 7.99. The predicted octanol–water partition coefficient (Wildman–Crippen LogP) is 3.23. The van der Waals surface area contributed by atoms with Gasteiger partial charge in [-0.3, -0.25) is 4.79 Å². The lowest BCUT2D eigenvalue weighted by Crippen LogP contribution is -2.02. The van der Waals surface area contributed by atoms with Gasteiger partial charge in [0.25, 0.3) is 0 Å². The first-order valence-corrected chi connectivity index (χ1v) is 7.63. The van der Waals surface area contributed by atoms with Crippen molar-refractivity contribution in [2.75, 3.05) is 5.75 Å². The van der Waals surface area contributed by atoms with Crippen molar-refractivity contribution in [3.8, 4) is 5.69 Å². The van der Waals surface area contributed by atoms with Crippen LogP contribution in [0.15, 0.2) is 35.4 Å². The standard InChI is InChI=1S/C15H16N2O2S/c1-10-3-2-4-12(7-10)17-14(20-9-15(18)19)8-13(16-17)11-5-6-11/h2-4,7-8,11H,5-6,9H2,1H3,(H,18,19). The Morgan fingerprint density at radius 1 is 1.45 bits per heavy atom. The Hall–Kier alpha value is -1.75. The van der Waals surface area contributed by atoms with Gasteiger partial charge in [0.1, 0.15) is 5.03 Å². The van der Waals surface area contributed by atoms with Crippen molar-refractivity contribution in [3.05, 3.63) is 41.6 Å². The predicted molar refractivity (Wildman–Crippen MR) is 78.6 cm³/mol. The number of carbonyl (C=O) groups is 1. The Morgan fingerprint density at radius 3 is 2.90 bits per heavy atom. The summed E-state index contributed by atoms with van der Waals surface area (Å²) >= 11 is 1.32. The van der Waals surface area contributed by atoms with Crippen LogP contribution < -0.4 is 0 Å². The van der Waals surface area contributed by atoms with Crippen molar-refractivity contribution in [1.29, 1.82) is 0 Å². The Labute approximate surface area is 121 Å². The highest BCUT2D eigenvalue weighted by Gasteiger charge is 2.27. The molecule has 1 aliphatic carbocycles. The van der Waals surface area contributed by atoms with Crippen LogP contribution in [0.1, 0.15) is 30.0 Å². The number of aromatic nitrogens is 2. The fraction of sp³-hybridized carbons (Fsp3) is 0.333. The second-order valence-corrected chi connectivity index (χ2v) is 6.11. The van der Waals surface area contributed by atoms with Crippen molar-refractivity contribution >= 4 is 17.7 Å². The number of benzene rings is 1. The zero-order valence-electron chi connectivity index (χ0n) is 11.2. The van der Waals surface area contributed by atoms with Gasteiger partial charge in [0.05, 0.1) is 17.1 Å². The van der Waals surface area contributed by atoms with Crippen molar-refractivity contribution < 1.29 is 9.90 Å². The van der Waals surface area contributed by atoms with E-state index in [4.69, 9.17) is 5.11 Å². The Balaban J connectivity index is 1.96. The fourth-order valence-electron chi connectivity index (χ4n) is 2.14. The van der Waals surface area contributed by atoms with Gasteiger partial charge in [-0.15, -0.1) is 0 Å². The van der Waals surface area contributed by atoms with E-state index in [1.165, 1.54) is 30.2 Å². The molecule has 0 radical (unpaired) electrons. The lowest BCUT2D eigenvalue weighted by Gasteiger charge is -2.06. The second kappa shape index (κ2) is 5.32. The van der Waals surface area contributed by atoms with Crippen LogP contribution in [-0.4, -0.2) is 26.6 Å². The maximum atomic E-state index is 10.8. The highest BCUT2D eigenvalue weighted by atomic mass is 32.2. The Bertz CT molecular complexity index is 647. The minimum atomic E-state index is -0.806. The number of aliphatic carboxylic acids is 1. The first-order valence-electron chi connectivity index (χ1n) is 6.65. The number of hydrogen-bond donors (Lipinski definition) is 1. The monoisotopic (exact) mass is 288 g/mol. The minimum Gasteiger partial charge on any atom is -0.481 e. The molecule has 3 rings (SSSR count). The number of carboxylic acids is 1. The van der Waals surface area contributed by atoms with Crippen LogP contribution in [0.4, 0.5) is 0 Å². The third-order valence-electron chi connectivity index (χ3n) is 3.28. The molecule has 1 saturated carbocycles. The third kappa shape index (κ3) is 2.88. The van der Waals surface area contributed by atoms with E-state index in [1.807, 2.05) is 35.9 Å². The summed E-state index contributed by atoms with van der Waals surface area (Å²) in [5, 5.41) is 14.4. The van der Waals surface area contributed by atoms with Crippen LogP contribution in [0.2, 0.25) is 0 Å². The topological polar surface area (TPSA) is 55.1 Å². The Morgan fingerprint density at radius 2 is 2.25 bits per heavy atom. The molecule has 0 atom stereocenters. The lowest BCUT2D eigenvalue weighted by atomic mass is 10.2. The molecule has 104 valence electrons. The molecular formula is C15H16N2O2S. The fourth-order valence-corrected chi connectivity index (χ4v) is 2.89. The summed E-state index contributed by atoms with van der Waals surface area (Å²) in [6.07, 6.45) is 2.38. The molecule has 0 aliphatic heterocycles. The molecule has 20 heavy (non-hydrogen) atoms. The molecule has 5 heteroatoms. The Kier molecular flexibility index (Phi) is 3.53. The lowest BCUT2D eigenvalue weighted by molar-refractivity contribution is -0.133. The normalized spacial score (nSPS) is 14.4. The highest BCUT2D eigenvalue weighted by Crippen LogP contribution is 2.41. The SMILES string of the molecule is Cc1cccc(-n2nc(C3CC3)cc2SCC(=O)O)c1. The van der Waals surface area contributed by atoms with E-state index >= 15 is 0 Å². The molecule has 0 bridgehead atoms. The summed E-state index contributed by atoms with van der Waals surface area (Å²) in [6, 6.07) is 10.1. The molecule has 1 fully saturated rings. The largest absolute Gasteiger partial charge is 0.481 e. The van der Waals surface area contributed by atoms with E-state index in [-0.39, 0.29) is 5.75 Å². The molecule has 1 aromatic heterocycles. The van der Waals surface area contributed by atoms with Gasteiger partial charge in [0, 0.05) is 5.92 Å². The van der Waals surface area contributed by atoms with Crippen LogP contribution in [0.5, 0.6) is 0 Å². The minimum absolute atomic E-state index is 0.0572. The van der Waals surface area contributed by atoms with Gasteiger partial charge in [-0.1, -0.05) is 23.9 Å². The summed E-state index contributed by atoms with van der Waals surface area (Å²) in [6.45, 7) is 2.04. The number of rotatable bonds is 5. The van der Waals surface area contributed by atoms with Crippen LogP contribution in [-0.2, 0) is 4.79 Å². The zero-order valence-corrected chi connectivity index (χ0v) is 12.1. The molecular weight excluding hydrogens is 272 g/mol. The summed E-state index contributed by atoms with van der Waals surface area (Å²) in [5.41, 5.74) is 3.24. The van der Waals surface area contributed by atoms with Crippen molar-refractivity contribution in [2.45, 2.75) is 30.7 Å². The van der Waals surface area contributed by atoms with E-state index < -0.39 is 5.97 Å². The molecule has 1 heterocycles. The first kappa shape index (κ1) is 13.2.